The Morgan fingerprint density at radius 2 is 1.54 bits per heavy atom. The standard InChI is InChI=1S/C28H36N4O3/c29-26(33)21-14-17-32(18-15-21)16-13-20-9-11-24(12-10-20)30-28(35)23-7-4-8-25(19-23)31-27(34)22-5-2-1-3-6-22/h4,7-12,19,21-22H,1-3,5-6,13-18H2,(H2,29,33)(H,30,35)(H,31,34). The fourth-order valence-corrected chi connectivity index (χ4v) is 5.03. The van der Waals surface area contributed by atoms with Gasteiger partial charge < -0.3 is 21.3 Å². The molecule has 186 valence electrons. The van der Waals surface area contributed by atoms with Gasteiger partial charge in [-0.25, -0.2) is 0 Å². The molecule has 35 heavy (non-hydrogen) atoms. The Bertz CT molecular complexity index is 1020. The lowest BCUT2D eigenvalue weighted by Gasteiger charge is -2.30. The van der Waals surface area contributed by atoms with Crippen LogP contribution in [0.1, 0.15) is 60.9 Å². The molecule has 1 aliphatic heterocycles. The Balaban J connectivity index is 1.25. The Kier molecular flexibility index (Phi) is 8.53. The number of carbonyl (C=O) groups is 3. The van der Waals surface area contributed by atoms with Crippen LogP contribution in [0.15, 0.2) is 48.5 Å². The molecular weight excluding hydrogens is 440 g/mol. The molecule has 2 aromatic rings. The number of amides is 3. The largest absolute Gasteiger partial charge is 0.369 e. The number of primary amides is 1. The van der Waals surface area contributed by atoms with Crippen molar-refractivity contribution in [2.24, 2.45) is 17.6 Å². The number of anilines is 2. The van der Waals surface area contributed by atoms with Gasteiger partial charge in [0.1, 0.15) is 0 Å². The summed E-state index contributed by atoms with van der Waals surface area (Å²) in [4.78, 5) is 39.0. The molecule has 1 heterocycles. The van der Waals surface area contributed by atoms with E-state index in [-0.39, 0.29) is 29.6 Å². The zero-order valence-electron chi connectivity index (χ0n) is 20.3. The van der Waals surface area contributed by atoms with Gasteiger partial charge in [-0.2, -0.15) is 0 Å². The average Bonchev–Trinajstić information content (AvgIpc) is 2.89. The van der Waals surface area contributed by atoms with Crippen LogP contribution in [0.5, 0.6) is 0 Å². The Morgan fingerprint density at radius 1 is 0.829 bits per heavy atom. The van der Waals surface area contributed by atoms with Gasteiger partial charge in [-0.05, 0) is 81.1 Å². The molecule has 0 unspecified atom stereocenters. The molecule has 2 aromatic carbocycles. The Hall–Kier alpha value is -3.19. The van der Waals surface area contributed by atoms with Gasteiger partial charge in [0.2, 0.25) is 11.8 Å². The van der Waals surface area contributed by atoms with Crippen molar-refractivity contribution in [3.05, 3.63) is 59.7 Å². The molecule has 1 aliphatic carbocycles. The second-order valence-electron chi connectivity index (χ2n) is 9.82. The maximum absolute atomic E-state index is 12.8. The molecule has 2 fully saturated rings. The zero-order valence-corrected chi connectivity index (χ0v) is 20.3. The van der Waals surface area contributed by atoms with Crippen molar-refractivity contribution >= 4 is 29.1 Å². The number of likely N-dealkylation sites (tertiary alicyclic amines) is 1. The monoisotopic (exact) mass is 476 g/mol. The molecule has 2 aliphatic rings. The van der Waals surface area contributed by atoms with Crippen LogP contribution in [-0.4, -0.2) is 42.3 Å². The predicted molar refractivity (Wildman–Crippen MR) is 138 cm³/mol. The van der Waals surface area contributed by atoms with Gasteiger partial charge in [-0.3, -0.25) is 14.4 Å². The number of nitrogens with zero attached hydrogens (tertiary/aromatic N) is 1. The minimum Gasteiger partial charge on any atom is -0.369 e. The minimum absolute atomic E-state index is 0.0167. The molecule has 0 aromatic heterocycles. The number of benzene rings is 2. The van der Waals surface area contributed by atoms with Gasteiger partial charge in [-0.15, -0.1) is 0 Å². The highest BCUT2D eigenvalue weighted by atomic mass is 16.2. The summed E-state index contributed by atoms with van der Waals surface area (Å²) in [5.41, 5.74) is 8.51. The molecule has 1 saturated heterocycles. The van der Waals surface area contributed by atoms with E-state index in [2.05, 4.69) is 15.5 Å². The summed E-state index contributed by atoms with van der Waals surface area (Å²) in [6.45, 7) is 2.75. The van der Waals surface area contributed by atoms with E-state index in [1.807, 2.05) is 30.3 Å². The predicted octanol–water partition coefficient (Wildman–Crippen LogP) is 4.20. The quantitative estimate of drug-likeness (QED) is 0.531. The Labute approximate surface area is 207 Å². The van der Waals surface area contributed by atoms with Crippen LogP contribution in [0.2, 0.25) is 0 Å². The van der Waals surface area contributed by atoms with Crippen molar-refractivity contribution in [2.45, 2.75) is 51.4 Å². The van der Waals surface area contributed by atoms with E-state index in [9.17, 15) is 14.4 Å². The summed E-state index contributed by atoms with van der Waals surface area (Å²) in [6, 6.07) is 15.0. The second-order valence-corrected chi connectivity index (χ2v) is 9.82. The maximum Gasteiger partial charge on any atom is 0.255 e. The van der Waals surface area contributed by atoms with Crippen molar-refractivity contribution in [1.82, 2.24) is 4.90 Å². The van der Waals surface area contributed by atoms with E-state index in [4.69, 9.17) is 5.73 Å². The molecule has 7 heteroatoms. The number of piperidine rings is 1. The normalized spacial score (nSPS) is 17.6. The van der Waals surface area contributed by atoms with Crippen LogP contribution in [-0.2, 0) is 16.0 Å². The molecule has 4 rings (SSSR count). The lowest BCUT2D eigenvalue weighted by molar-refractivity contribution is -0.123. The summed E-state index contributed by atoms with van der Waals surface area (Å²) in [6.07, 6.45) is 7.89. The lowest BCUT2D eigenvalue weighted by Crippen LogP contribution is -2.39. The summed E-state index contributed by atoms with van der Waals surface area (Å²) >= 11 is 0. The molecule has 4 N–H and O–H groups in total. The molecular formula is C28H36N4O3. The van der Waals surface area contributed by atoms with E-state index in [0.29, 0.717) is 11.3 Å². The van der Waals surface area contributed by atoms with E-state index in [1.165, 1.54) is 12.0 Å². The SMILES string of the molecule is NC(=O)C1CCN(CCc2ccc(NC(=O)c3cccc(NC(=O)C4CCCCC4)c3)cc2)CC1. The molecule has 3 amide bonds. The molecule has 7 nitrogen and oxygen atoms in total. The van der Waals surface area contributed by atoms with E-state index < -0.39 is 0 Å². The highest BCUT2D eigenvalue weighted by Crippen LogP contribution is 2.25. The van der Waals surface area contributed by atoms with Gasteiger partial charge in [0.25, 0.3) is 5.91 Å². The maximum atomic E-state index is 12.8. The van der Waals surface area contributed by atoms with Gasteiger partial charge >= 0.3 is 0 Å². The van der Waals surface area contributed by atoms with Crippen LogP contribution in [0.3, 0.4) is 0 Å². The van der Waals surface area contributed by atoms with Crippen molar-refractivity contribution < 1.29 is 14.4 Å². The number of hydrogen-bond donors (Lipinski definition) is 3. The first-order valence-electron chi connectivity index (χ1n) is 12.8. The number of rotatable bonds is 8. The first kappa shape index (κ1) is 24.9. The summed E-state index contributed by atoms with van der Waals surface area (Å²) in [7, 11) is 0. The molecule has 0 radical (unpaired) electrons. The smallest absolute Gasteiger partial charge is 0.255 e. The number of hydrogen-bond acceptors (Lipinski definition) is 4. The molecule has 0 bridgehead atoms. The highest BCUT2D eigenvalue weighted by molar-refractivity contribution is 6.05. The minimum atomic E-state index is -0.205. The summed E-state index contributed by atoms with van der Waals surface area (Å²) < 4.78 is 0. The fraction of sp³-hybridized carbons (Fsp3) is 0.464. The van der Waals surface area contributed by atoms with Crippen molar-refractivity contribution in [3.63, 3.8) is 0 Å². The third kappa shape index (κ3) is 7.15. The van der Waals surface area contributed by atoms with Gasteiger partial charge in [0.15, 0.2) is 0 Å². The van der Waals surface area contributed by atoms with Crippen LogP contribution in [0.4, 0.5) is 11.4 Å². The molecule has 1 saturated carbocycles. The highest BCUT2D eigenvalue weighted by Gasteiger charge is 2.23. The van der Waals surface area contributed by atoms with Crippen molar-refractivity contribution in [3.8, 4) is 0 Å². The lowest BCUT2D eigenvalue weighted by atomic mass is 9.88. The third-order valence-electron chi connectivity index (χ3n) is 7.29. The second kappa shape index (κ2) is 12.0. The van der Waals surface area contributed by atoms with E-state index in [1.54, 1.807) is 18.2 Å². The molecule has 0 atom stereocenters. The Morgan fingerprint density at radius 3 is 2.23 bits per heavy atom. The van der Waals surface area contributed by atoms with Gasteiger partial charge in [0.05, 0.1) is 0 Å². The van der Waals surface area contributed by atoms with E-state index >= 15 is 0 Å². The van der Waals surface area contributed by atoms with Crippen LogP contribution < -0.4 is 16.4 Å². The fourth-order valence-electron chi connectivity index (χ4n) is 5.03. The number of nitrogens with one attached hydrogen (secondary N) is 2. The van der Waals surface area contributed by atoms with Crippen LogP contribution >= 0.6 is 0 Å². The zero-order chi connectivity index (χ0) is 24.6. The first-order chi connectivity index (χ1) is 17.0. The number of nitrogens with two attached hydrogens (primary N) is 1. The first-order valence-corrected chi connectivity index (χ1v) is 12.8. The van der Waals surface area contributed by atoms with Crippen LogP contribution in [0, 0.1) is 11.8 Å². The van der Waals surface area contributed by atoms with Gasteiger partial charge in [0, 0.05) is 35.3 Å². The topological polar surface area (TPSA) is 105 Å². The van der Waals surface area contributed by atoms with E-state index in [0.717, 1.165) is 70.3 Å². The van der Waals surface area contributed by atoms with Crippen molar-refractivity contribution in [1.29, 1.82) is 0 Å². The van der Waals surface area contributed by atoms with Crippen LogP contribution in [0.25, 0.3) is 0 Å². The number of carbonyl (C=O) groups excluding carboxylic acids is 3. The summed E-state index contributed by atoms with van der Waals surface area (Å²) in [5.74, 6) is -0.248. The van der Waals surface area contributed by atoms with Gasteiger partial charge in [-0.1, -0.05) is 37.5 Å². The summed E-state index contributed by atoms with van der Waals surface area (Å²) in [5, 5.41) is 5.93. The van der Waals surface area contributed by atoms with Crippen molar-refractivity contribution in [2.75, 3.05) is 30.3 Å². The average molecular weight is 477 g/mol. The third-order valence-corrected chi connectivity index (χ3v) is 7.29. The molecule has 0 spiro atoms.